The Labute approximate surface area is 185 Å². The van der Waals surface area contributed by atoms with Crippen LogP contribution in [0.2, 0.25) is 5.02 Å². The van der Waals surface area contributed by atoms with E-state index in [4.69, 9.17) is 26.2 Å². The maximum absolute atomic E-state index is 12.4. The number of ketones is 1. The standard InChI is InChI=1S/C21H22ClNO7S/c1-3-10-30-21-17(22)11-14(12-19(21)29-2)4-9-18(24)15-5-7-16(8-6-15)31(27,28)23-13-20(25)26/h4-9,11-12,23H,3,10,13H2,1-2H3,(H,25,26)/b9-4+. The van der Waals surface area contributed by atoms with Crippen LogP contribution in [0.15, 0.2) is 47.4 Å². The van der Waals surface area contributed by atoms with Crippen molar-refractivity contribution in [1.82, 2.24) is 4.72 Å². The minimum atomic E-state index is -3.98. The third-order valence-corrected chi connectivity index (χ3v) is 5.69. The number of nitrogens with one attached hydrogen (secondary N) is 1. The Bertz CT molecular complexity index is 1080. The number of rotatable bonds is 11. The highest BCUT2D eigenvalue weighted by atomic mass is 35.5. The summed E-state index contributed by atoms with van der Waals surface area (Å²) in [5, 5.41) is 8.94. The van der Waals surface area contributed by atoms with Crippen LogP contribution in [0.5, 0.6) is 11.5 Å². The quantitative estimate of drug-likeness (QED) is 0.384. The number of benzene rings is 2. The molecule has 166 valence electrons. The molecule has 10 heteroatoms. The Hall–Kier alpha value is -2.88. The van der Waals surface area contributed by atoms with E-state index in [-0.39, 0.29) is 16.2 Å². The summed E-state index contributed by atoms with van der Waals surface area (Å²) in [6, 6.07) is 8.47. The first kappa shape index (κ1) is 24.4. The zero-order chi connectivity index (χ0) is 23.0. The van der Waals surface area contributed by atoms with Crippen LogP contribution in [0.4, 0.5) is 0 Å². The van der Waals surface area contributed by atoms with Crippen molar-refractivity contribution < 1.29 is 32.6 Å². The largest absolute Gasteiger partial charge is 0.493 e. The SMILES string of the molecule is CCCOc1c(Cl)cc(/C=C/C(=O)c2ccc(S(=O)(=O)NCC(=O)O)cc2)cc1OC. The van der Waals surface area contributed by atoms with E-state index in [9.17, 15) is 18.0 Å². The van der Waals surface area contributed by atoms with Gasteiger partial charge in [0, 0.05) is 5.56 Å². The van der Waals surface area contributed by atoms with Gasteiger partial charge in [-0.3, -0.25) is 9.59 Å². The average Bonchev–Trinajstić information content (AvgIpc) is 2.75. The van der Waals surface area contributed by atoms with E-state index in [1.807, 2.05) is 11.6 Å². The van der Waals surface area contributed by atoms with Crippen molar-refractivity contribution in [3.63, 3.8) is 0 Å². The van der Waals surface area contributed by atoms with E-state index in [1.54, 1.807) is 18.2 Å². The van der Waals surface area contributed by atoms with Crippen molar-refractivity contribution in [1.29, 1.82) is 0 Å². The second kappa shape index (κ2) is 10.9. The predicted octanol–water partition coefficient (Wildman–Crippen LogP) is 3.40. The number of carbonyl (C=O) groups excluding carboxylic acids is 1. The van der Waals surface area contributed by atoms with Gasteiger partial charge in [-0.2, -0.15) is 4.72 Å². The van der Waals surface area contributed by atoms with Crippen molar-refractivity contribution in [2.45, 2.75) is 18.2 Å². The van der Waals surface area contributed by atoms with Crippen LogP contribution < -0.4 is 14.2 Å². The van der Waals surface area contributed by atoms with Gasteiger partial charge in [0.15, 0.2) is 17.3 Å². The predicted molar refractivity (Wildman–Crippen MR) is 116 cm³/mol. The lowest BCUT2D eigenvalue weighted by atomic mass is 10.1. The molecule has 0 saturated heterocycles. The van der Waals surface area contributed by atoms with E-state index in [0.29, 0.717) is 28.7 Å². The molecular weight excluding hydrogens is 446 g/mol. The molecule has 2 rings (SSSR count). The second-order valence-corrected chi connectivity index (χ2v) is 8.50. The van der Waals surface area contributed by atoms with Crippen molar-refractivity contribution in [3.8, 4) is 11.5 Å². The molecule has 0 aliphatic heterocycles. The van der Waals surface area contributed by atoms with Crippen LogP contribution in [0, 0.1) is 0 Å². The van der Waals surface area contributed by atoms with Gasteiger partial charge < -0.3 is 14.6 Å². The summed E-state index contributed by atoms with van der Waals surface area (Å²) in [7, 11) is -2.49. The molecule has 0 bridgehead atoms. The highest BCUT2D eigenvalue weighted by molar-refractivity contribution is 7.89. The number of carbonyl (C=O) groups is 2. The Morgan fingerprint density at radius 2 is 1.87 bits per heavy atom. The Kier molecular flexibility index (Phi) is 8.61. The Balaban J connectivity index is 2.16. The first-order valence-corrected chi connectivity index (χ1v) is 11.1. The van der Waals surface area contributed by atoms with Crippen molar-refractivity contribution in [2.75, 3.05) is 20.3 Å². The van der Waals surface area contributed by atoms with Crippen LogP contribution in [0.1, 0.15) is 29.3 Å². The van der Waals surface area contributed by atoms with Crippen molar-refractivity contribution in [2.24, 2.45) is 0 Å². The maximum atomic E-state index is 12.4. The molecular formula is C21H22ClNO7S. The van der Waals surface area contributed by atoms with Crippen LogP contribution >= 0.6 is 11.6 Å². The van der Waals surface area contributed by atoms with Crippen LogP contribution in [-0.4, -0.2) is 45.5 Å². The zero-order valence-corrected chi connectivity index (χ0v) is 18.5. The molecule has 2 aromatic rings. The smallest absolute Gasteiger partial charge is 0.318 e. The van der Waals surface area contributed by atoms with E-state index in [2.05, 4.69) is 0 Å². The summed E-state index contributed by atoms with van der Waals surface area (Å²) in [4.78, 5) is 22.8. The number of carboxylic acid groups (broad SMARTS) is 1. The summed E-state index contributed by atoms with van der Waals surface area (Å²) in [5.41, 5.74) is 0.880. The van der Waals surface area contributed by atoms with Gasteiger partial charge in [-0.1, -0.05) is 24.6 Å². The second-order valence-electron chi connectivity index (χ2n) is 6.32. The van der Waals surface area contributed by atoms with E-state index >= 15 is 0 Å². The molecule has 0 aliphatic carbocycles. The number of hydrogen-bond acceptors (Lipinski definition) is 6. The first-order chi connectivity index (χ1) is 14.7. The Morgan fingerprint density at radius 1 is 1.19 bits per heavy atom. The van der Waals surface area contributed by atoms with Crippen LogP contribution in [0.3, 0.4) is 0 Å². The number of halogens is 1. The Morgan fingerprint density at radius 3 is 2.45 bits per heavy atom. The van der Waals surface area contributed by atoms with Gasteiger partial charge >= 0.3 is 5.97 Å². The summed E-state index contributed by atoms with van der Waals surface area (Å²) in [6.45, 7) is 1.72. The highest BCUT2D eigenvalue weighted by Gasteiger charge is 2.16. The monoisotopic (exact) mass is 467 g/mol. The molecule has 2 aromatic carbocycles. The van der Waals surface area contributed by atoms with Crippen LogP contribution in [-0.2, 0) is 14.8 Å². The fourth-order valence-corrected chi connectivity index (χ4v) is 3.73. The topological polar surface area (TPSA) is 119 Å². The molecule has 2 N–H and O–H groups in total. The number of aliphatic carboxylic acids is 1. The van der Waals surface area contributed by atoms with Gasteiger partial charge in [-0.05, 0) is 54.5 Å². The van der Waals surface area contributed by atoms with E-state index < -0.39 is 22.5 Å². The lowest BCUT2D eigenvalue weighted by Crippen LogP contribution is -2.29. The fraction of sp³-hybridized carbons (Fsp3) is 0.238. The molecule has 0 heterocycles. The molecule has 0 radical (unpaired) electrons. The lowest BCUT2D eigenvalue weighted by molar-refractivity contribution is -0.135. The van der Waals surface area contributed by atoms with Crippen LogP contribution in [0.25, 0.3) is 6.08 Å². The molecule has 0 atom stereocenters. The number of sulfonamides is 1. The van der Waals surface area contributed by atoms with E-state index in [0.717, 1.165) is 6.42 Å². The summed E-state index contributed by atoms with van der Waals surface area (Å²) >= 11 is 6.26. The molecule has 0 amide bonds. The number of methoxy groups -OCH3 is 1. The average molecular weight is 468 g/mol. The fourth-order valence-electron chi connectivity index (χ4n) is 2.49. The summed E-state index contributed by atoms with van der Waals surface area (Å²) in [6.07, 6.45) is 3.69. The van der Waals surface area contributed by atoms with Gasteiger partial charge in [-0.15, -0.1) is 0 Å². The minimum absolute atomic E-state index is 0.145. The number of carboxylic acids is 1. The summed E-state index contributed by atoms with van der Waals surface area (Å²) in [5.74, 6) is -0.787. The molecule has 31 heavy (non-hydrogen) atoms. The first-order valence-electron chi connectivity index (χ1n) is 9.22. The van der Waals surface area contributed by atoms with Gasteiger partial charge in [-0.25, -0.2) is 8.42 Å². The molecule has 0 unspecified atom stereocenters. The molecule has 0 saturated carbocycles. The lowest BCUT2D eigenvalue weighted by Gasteiger charge is -2.12. The highest BCUT2D eigenvalue weighted by Crippen LogP contribution is 2.36. The third kappa shape index (κ3) is 6.81. The van der Waals surface area contributed by atoms with Crippen molar-refractivity contribution in [3.05, 3.63) is 58.6 Å². The van der Waals surface area contributed by atoms with Gasteiger partial charge in [0.2, 0.25) is 10.0 Å². The maximum Gasteiger partial charge on any atom is 0.318 e. The molecule has 8 nitrogen and oxygen atoms in total. The minimum Gasteiger partial charge on any atom is -0.493 e. The van der Waals surface area contributed by atoms with Gasteiger partial charge in [0.25, 0.3) is 0 Å². The molecule has 0 aliphatic rings. The zero-order valence-electron chi connectivity index (χ0n) is 16.9. The van der Waals surface area contributed by atoms with Crippen molar-refractivity contribution >= 4 is 39.5 Å². The number of ether oxygens (including phenoxy) is 2. The van der Waals surface area contributed by atoms with Gasteiger partial charge in [0.05, 0.1) is 23.6 Å². The molecule has 0 aromatic heterocycles. The van der Waals surface area contributed by atoms with Gasteiger partial charge in [0.1, 0.15) is 6.54 Å². The number of hydrogen-bond donors (Lipinski definition) is 2. The normalized spacial score (nSPS) is 11.5. The number of allylic oxidation sites excluding steroid dienone is 1. The molecule has 0 fully saturated rings. The molecule has 0 spiro atoms. The third-order valence-electron chi connectivity index (χ3n) is 3.99. The summed E-state index contributed by atoms with van der Waals surface area (Å²) < 4.78 is 36.9. The van der Waals surface area contributed by atoms with E-state index in [1.165, 1.54) is 37.5 Å².